The molecule has 0 radical (unpaired) electrons. The fraction of sp³-hybridized carbons (Fsp3) is 0.217. The van der Waals surface area contributed by atoms with Gasteiger partial charge in [0, 0.05) is 42.2 Å². The SMILES string of the molecule is O=C(CCCNC(=O)c1ccc(Cl)cc1)NCCN1C(=O)S/C(=C\c2ccccc2F)C1=O. The van der Waals surface area contributed by atoms with Gasteiger partial charge in [-0.15, -0.1) is 0 Å². The number of benzene rings is 2. The summed E-state index contributed by atoms with van der Waals surface area (Å²) in [6.07, 6.45) is 1.95. The van der Waals surface area contributed by atoms with Crippen LogP contribution in [0, 0.1) is 5.82 Å². The fourth-order valence-corrected chi connectivity index (χ4v) is 3.96. The Balaban J connectivity index is 1.37. The van der Waals surface area contributed by atoms with Crippen molar-refractivity contribution in [1.82, 2.24) is 15.5 Å². The van der Waals surface area contributed by atoms with E-state index < -0.39 is 17.0 Å². The second-order valence-corrected chi connectivity index (χ2v) is 8.50. The molecule has 10 heteroatoms. The highest BCUT2D eigenvalue weighted by molar-refractivity contribution is 8.18. The summed E-state index contributed by atoms with van der Waals surface area (Å²) in [5.74, 6) is -1.52. The fourth-order valence-electron chi connectivity index (χ4n) is 2.98. The molecular formula is C23H21ClFN3O4S. The Labute approximate surface area is 199 Å². The molecule has 1 heterocycles. The van der Waals surface area contributed by atoms with E-state index in [1.807, 2.05) is 0 Å². The number of thioether (sulfide) groups is 1. The van der Waals surface area contributed by atoms with Gasteiger partial charge in [-0.05, 0) is 54.6 Å². The van der Waals surface area contributed by atoms with Crippen LogP contribution in [0.25, 0.3) is 6.08 Å². The summed E-state index contributed by atoms with van der Waals surface area (Å²) in [5.41, 5.74) is 0.699. The zero-order valence-corrected chi connectivity index (χ0v) is 19.0. The third-order valence-electron chi connectivity index (χ3n) is 4.70. The number of hydrogen-bond acceptors (Lipinski definition) is 5. The van der Waals surface area contributed by atoms with Crippen LogP contribution in [0.4, 0.5) is 9.18 Å². The molecule has 2 aromatic carbocycles. The molecule has 0 unspecified atom stereocenters. The molecule has 3 rings (SSSR count). The number of carbonyl (C=O) groups excluding carboxylic acids is 4. The van der Waals surface area contributed by atoms with Crippen LogP contribution in [-0.2, 0) is 9.59 Å². The van der Waals surface area contributed by atoms with Crippen molar-refractivity contribution in [2.45, 2.75) is 12.8 Å². The number of amides is 4. The number of nitrogens with one attached hydrogen (secondary N) is 2. The van der Waals surface area contributed by atoms with Gasteiger partial charge in [0.25, 0.3) is 17.1 Å². The molecule has 7 nitrogen and oxygen atoms in total. The monoisotopic (exact) mass is 489 g/mol. The Hall–Kier alpha value is -3.17. The number of halogens is 2. The van der Waals surface area contributed by atoms with Gasteiger partial charge in [-0.2, -0.15) is 0 Å². The first-order valence-electron chi connectivity index (χ1n) is 10.2. The van der Waals surface area contributed by atoms with E-state index in [0.717, 1.165) is 16.7 Å². The lowest BCUT2D eigenvalue weighted by molar-refractivity contribution is -0.124. The highest BCUT2D eigenvalue weighted by Gasteiger charge is 2.34. The molecule has 2 aromatic rings. The largest absolute Gasteiger partial charge is 0.354 e. The molecule has 33 heavy (non-hydrogen) atoms. The third kappa shape index (κ3) is 6.90. The number of carbonyl (C=O) groups is 4. The van der Waals surface area contributed by atoms with Gasteiger partial charge in [-0.25, -0.2) is 4.39 Å². The van der Waals surface area contributed by atoms with E-state index >= 15 is 0 Å². The highest BCUT2D eigenvalue weighted by Crippen LogP contribution is 2.32. The third-order valence-corrected chi connectivity index (χ3v) is 5.85. The van der Waals surface area contributed by atoms with E-state index in [-0.39, 0.29) is 41.8 Å². The first kappa shape index (κ1) is 24.5. The number of imide groups is 1. The summed E-state index contributed by atoms with van der Waals surface area (Å²) in [5, 5.41) is 5.44. The topological polar surface area (TPSA) is 95.6 Å². The van der Waals surface area contributed by atoms with E-state index in [9.17, 15) is 23.6 Å². The van der Waals surface area contributed by atoms with E-state index in [1.165, 1.54) is 24.3 Å². The molecule has 1 fully saturated rings. The Kier molecular flexibility index (Phi) is 8.62. The van der Waals surface area contributed by atoms with Crippen LogP contribution in [0.2, 0.25) is 5.02 Å². The van der Waals surface area contributed by atoms with Crippen molar-refractivity contribution in [1.29, 1.82) is 0 Å². The van der Waals surface area contributed by atoms with Crippen LogP contribution in [0.15, 0.2) is 53.4 Å². The van der Waals surface area contributed by atoms with Gasteiger partial charge in [-0.1, -0.05) is 29.8 Å². The van der Waals surface area contributed by atoms with Gasteiger partial charge in [-0.3, -0.25) is 24.1 Å². The summed E-state index contributed by atoms with van der Waals surface area (Å²) in [7, 11) is 0. The molecule has 0 aliphatic carbocycles. The van der Waals surface area contributed by atoms with Gasteiger partial charge in [0.15, 0.2) is 0 Å². The summed E-state index contributed by atoms with van der Waals surface area (Å²) in [6.45, 7) is 0.429. The van der Waals surface area contributed by atoms with Gasteiger partial charge in [0.1, 0.15) is 5.82 Å². The minimum absolute atomic E-state index is 0.0122. The summed E-state index contributed by atoms with van der Waals surface area (Å²) < 4.78 is 13.8. The Morgan fingerprint density at radius 3 is 2.48 bits per heavy atom. The lowest BCUT2D eigenvalue weighted by Crippen LogP contribution is -2.37. The molecule has 172 valence electrons. The molecule has 0 saturated carbocycles. The Morgan fingerprint density at radius 1 is 1.03 bits per heavy atom. The molecule has 4 amide bonds. The minimum Gasteiger partial charge on any atom is -0.354 e. The molecule has 0 bridgehead atoms. The lowest BCUT2D eigenvalue weighted by Gasteiger charge is -2.13. The minimum atomic E-state index is -0.521. The smallest absolute Gasteiger partial charge is 0.293 e. The molecule has 1 aliphatic heterocycles. The second-order valence-electron chi connectivity index (χ2n) is 7.07. The quantitative estimate of drug-likeness (QED) is 0.412. The molecule has 0 spiro atoms. The summed E-state index contributed by atoms with van der Waals surface area (Å²) in [6, 6.07) is 12.4. The van der Waals surface area contributed by atoms with E-state index in [4.69, 9.17) is 11.6 Å². The predicted molar refractivity (Wildman–Crippen MR) is 125 cm³/mol. The summed E-state index contributed by atoms with van der Waals surface area (Å²) in [4.78, 5) is 49.7. The second kappa shape index (κ2) is 11.6. The van der Waals surface area contributed by atoms with Crippen LogP contribution in [0.3, 0.4) is 0 Å². The summed E-state index contributed by atoms with van der Waals surface area (Å²) >= 11 is 6.52. The molecule has 1 saturated heterocycles. The van der Waals surface area contributed by atoms with Crippen LogP contribution < -0.4 is 10.6 Å². The normalized spacial score (nSPS) is 14.6. The highest BCUT2D eigenvalue weighted by atomic mass is 35.5. The van der Waals surface area contributed by atoms with Gasteiger partial charge in [0.05, 0.1) is 4.91 Å². The number of nitrogens with zero attached hydrogens (tertiary/aromatic N) is 1. The molecule has 2 N–H and O–H groups in total. The van der Waals surface area contributed by atoms with Crippen LogP contribution >= 0.6 is 23.4 Å². The van der Waals surface area contributed by atoms with Crippen LogP contribution in [0.5, 0.6) is 0 Å². The lowest BCUT2D eigenvalue weighted by atomic mass is 10.2. The average molecular weight is 490 g/mol. The van der Waals surface area contributed by atoms with E-state index in [2.05, 4.69) is 10.6 Å². The number of hydrogen-bond donors (Lipinski definition) is 2. The molecule has 1 aliphatic rings. The van der Waals surface area contributed by atoms with Gasteiger partial charge < -0.3 is 10.6 Å². The van der Waals surface area contributed by atoms with Gasteiger partial charge in [0.2, 0.25) is 5.91 Å². The zero-order valence-electron chi connectivity index (χ0n) is 17.5. The first-order valence-corrected chi connectivity index (χ1v) is 11.3. The number of rotatable bonds is 9. The van der Waals surface area contributed by atoms with Crippen molar-refractivity contribution in [2.75, 3.05) is 19.6 Å². The van der Waals surface area contributed by atoms with E-state index in [0.29, 0.717) is 23.6 Å². The molecule has 0 atom stereocenters. The maximum Gasteiger partial charge on any atom is 0.293 e. The van der Waals surface area contributed by atoms with Crippen LogP contribution in [-0.4, -0.2) is 47.5 Å². The Bertz CT molecular complexity index is 1090. The average Bonchev–Trinajstić information content (AvgIpc) is 3.06. The Morgan fingerprint density at radius 2 is 1.76 bits per heavy atom. The van der Waals surface area contributed by atoms with Gasteiger partial charge >= 0.3 is 0 Å². The van der Waals surface area contributed by atoms with Crippen molar-refractivity contribution in [3.63, 3.8) is 0 Å². The first-order chi connectivity index (χ1) is 15.8. The maximum atomic E-state index is 13.8. The zero-order chi connectivity index (χ0) is 23.8. The van der Waals surface area contributed by atoms with Crippen molar-refractivity contribution in [3.05, 3.63) is 75.4 Å². The van der Waals surface area contributed by atoms with Crippen molar-refractivity contribution < 1.29 is 23.6 Å². The van der Waals surface area contributed by atoms with Crippen molar-refractivity contribution >= 4 is 52.4 Å². The van der Waals surface area contributed by atoms with Crippen molar-refractivity contribution in [3.8, 4) is 0 Å². The molecule has 0 aromatic heterocycles. The predicted octanol–water partition coefficient (Wildman–Crippen LogP) is 3.84. The van der Waals surface area contributed by atoms with Crippen LogP contribution in [0.1, 0.15) is 28.8 Å². The van der Waals surface area contributed by atoms with E-state index in [1.54, 1.807) is 30.3 Å². The maximum absolute atomic E-state index is 13.8. The molecular weight excluding hydrogens is 469 g/mol. The van der Waals surface area contributed by atoms with Crippen molar-refractivity contribution in [2.24, 2.45) is 0 Å². The standard InChI is InChI=1S/C23H21ClFN3O4S/c24-17-9-7-15(8-10-17)21(30)27-11-3-6-20(29)26-12-13-28-22(31)19(33-23(28)32)14-16-4-1-2-5-18(16)25/h1-2,4-5,7-10,14H,3,6,11-13H2,(H,26,29)(H,27,30)/b19-14-.